The lowest BCUT2D eigenvalue weighted by Gasteiger charge is -2.31. The van der Waals surface area contributed by atoms with Crippen molar-refractivity contribution in [3.8, 4) is 5.75 Å². The third-order valence-corrected chi connectivity index (χ3v) is 4.07. The second-order valence-electron chi connectivity index (χ2n) is 6.38. The van der Waals surface area contributed by atoms with Crippen LogP contribution in [0.15, 0.2) is 24.3 Å². The molecule has 20 heavy (non-hydrogen) atoms. The van der Waals surface area contributed by atoms with Gasteiger partial charge in [-0.15, -0.1) is 0 Å². The lowest BCUT2D eigenvalue weighted by atomic mass is 10.0. The Balaban J connectivity index is 2.19. The van der Waals surface area contributed by atoms with Crippen molar-refractivity contribution < 1.29 is 4.74 Å². The van der Waals surface area contributed by atoms with E-state index in [1.54, 1.807) is 0 Å². The molecule has 0 aromatic heterocycles. The molecule has 2 rings (SSSR count). The van der Waals surface area contributed by atoms with Gasteiger partial charge in [0, 0.05) is 25.2 Å². The van der Waals surface area contributed by atoms with E-state index in [0.29, 0.717) is 18.6 Å². The first-order valence-corrected chi connectivity index (χ1v) is 7.73. The average Bonchev–Trinajstić information content (AvgIpc) is 2.69. The Morgan fingerprint density at radius 1 is 1.35 bits per heavy atom. The number of hydrogen-bond acceptors (Lipinski definition) is 3. The highest BCUT2D eigenvalue weighted by molar-refractivity contribution is 5.31. The average molecular weight is 276 g/mol. The van der Waals surface area contributed by atoms with E-state index in [4.69, 9.17) is 10.5 Å². The van der Waals surface area contributed by atoms with Crippen molar-refractivity contribution in [2.45, 2.75) is 52.3 Å². The van der Waals surface area contributed by atoms with Gasteiger partial charge < -0.3 is 10.5 Å². The molecular formula is C17H28N2O. The highest BCUT2D eigenvalue weighted by Crippen LogP contribution is 2.32. The summed E-state index contributed by atoms with van der Waals surface area (Å²) in [6, 6.07) is 9.31. The molecule has 0 radical (unpaired) electrons. The molecule has 0 spiro atoms. The SMILES string of the molecule is CC1CC(C)N(C(CN)c2cccc(OC(C)C)c2)C1. The van der Waals surface area contributed by atoms with Crippen molar-refractivity contribution in [1.29, 1.82) is 0 Å². The monoisotopic (exact) mass is 276 g/mol. The Morgan fingerprint density at radius 3 is 2.65 bits per heavy atom. The Morgan fingerprint density at radius 2 is 2.10 bits per heavy atom. The molecule has 2 N–H and O–H groups in total. The lowest BCUT2D eigenvalue weighted by Crippen LogP contribution is -2.36. The molecular weight excluding hydrogens is 248 g/mol. The van der Waals surface area contributed by atoms with Crippen LogP contribution in [0.3, 0.4) is 0 Å². The molecule has 0 saturated carbocycles. The number of likely N-dealkylation sites (tertiary alicyclic amines) is 1. The molecule has 1 heterocycles. The van der Waals surface area contributed by atoms with Gasteiger partial charge in [0.2, 0.25) is 0 Å². The fraction of sp³-hybridized carbons (Fsp3) is 0.647. The van der Waals surface area contributed by atoms with Gasteiger partial charge in [0.15, 0.2) is 0 Å². The van der Waals surface area contributed by atoms with E-state index >= 15 is 0 Å². The van der Waals surface area contributed by atoms with E-state index in [1.165, 1.54) is 12.0 Å². The summed E-state index contributed by atoms with van der Waals surface area (Å²) in [5.74, 6) is 1.70. The van der Waals surface area contributed by atoms with E-state index in [2.05, 4.69) is 50.8 Å². The predicted octanol–water partition coefficient (Wildman–Crippen LogP) is 3.20. The number of rotatable bonds is 5. The van der Waals surface area contributed by atoms with Gasteiger partial charge >= 0.3 is 0 Å². The number of ether oxygens (including phenoxy) is 1. The third-order valence-electron chi connectivity index (χ3n) is 4.07. The van der Waals surface area contributed by atoms with Gasteiger partial charge in [-0.2, -0.15) is 0 Å². The maximum atomic E-state index is 6.06. The first kappa shape index (κ1) is 15.3. The van der Waals surface area contributed by atoms with Gasteiger partial charge in [-0.1, -0.05) is 19.1 Å². The molecule has 0 bridgehead atoms. The van der Waals surface area contributed by atoms with Gasteiger partial charge in [-0.05, 0) is 50.8 Å². The maximum absolute atomic E-state index is 6.06. The summed E-state index contributed by atoms with van der Waals surface area (Å²) in [6.07, 6.45) is 1.46. The standard InChI is InChI=1S/C17H28N2O/c1-12(2)20-16-7-5-6-15(9-16)17(10-18)19-11-13(3)8-14(19)4/h5-7,9,12-14,17H,8,10-11,18H2,1-4H3. The molecule has 1 aliphatic heterocycles. The van der Waals surface area contributed by atoms with Crippen LogP contribution < -0.4 is 10.5 Å². The molecule has 1 fully saturated rings. The smallest absolute Gasteiger partial charge is 0.120 e. The molecule has 0 aliphatic carbocycles. The molecule has 1 aromatic rings. The van der Waals surface area contributed by atoms with E-state index in [0.717, 1.165) is 18.2 Å². The van der Waals surface area contributed by atoms with Gasteiger partial charge in [-0.3, -0.25) is 4.90 Å². The van der Waals surface area contributed by atoms with E-state index in [9.17, 15) is 0 Å². The number of benzene rings is 1. The van der Waals surface area contributed by atoms with Crippen molar-refractivity contribution in [2.75, 3.05) is 13.1 Å². The quantitative estimate of drug-likeness (QED) is 0.897. The van der Waals surface area contributed by atoms with Crippen molar-refractivity contribution in [3.63, 3.8) is 0 Å². The van der Waals surface area contributed by atoms with Crippen LogP contribution in [0.4, 0.5) is 0 Å². The predicted molar refractivity (Wildman–Crippen MR) is 84.0 cm³/mol. The number of nitrogens with two attached hydrogens (primary N) is 1. The summed E-state index contributed by atoms with van der Waals surface area (Å²) in [4.78, 5) is 2.54. The molecule has 112 valence electrons. The second-order valence-corrected chi connectivity index (χ2v) is 6.38. The molecule has 3 atom stereocenters. The second kappa shape index (κ2) is 6.59. The molecule has 3 heteroatoms. The lowest BCUT2D eigenvalue weighted by molar-refractivity contribution is 0.191. The van der Waals surface area contributed by atoms with E-state index in [-0.39, 0.29) is 6.10 Å². The molecule has 0 amide bonds. The van der Waals surface area contributed by atoms with Crippen LogP contribution in [0.25, 0.3) is 0 Å². The topological polar surface area (TPSA) is 38.5 Å². The highest BCUT2D eigenvalue weighted by atomic mass is 16.5. The largest absolute Gasteiger partial charge is 0.491 e. The van der Waals surface area contributed by atoms with Crippen LogP contribution >= 0.6 is 0 Å². The van der Waals surface area contributed by atoms with Crippen LogP contribution in [0.1, 0.15) is 45.7 Å². The molecule has 1 saturated heterocycles. The molecule has 1 aliphatic rings. The number of hydrogen-bond donors (Lipinski definition) is 1. The normalized spacial score (nSPS) is 25.1. The summed E-state index contributed by atoms with van der Waals surface area (Å²) in [6.45, 7) is 10.5. The van der Waals surface area contributed by atoms with E-state index in [1.807, 2.05) is 6.07 Å². The highest BCUT2D eigenvalue weighted by Gasteiger charge is 2.31. The molecule has 3 nitrogen and oxygen atoms in total. The fourth-order valence-corrected chi connectivity index (χ4v) is 3.30. The summed E-state index contributed by atoms with van der Waals surface area (Å²) >= 11 is 0. The van der Waals surface area contributed by atoms with Crippen LogP contribution in [0.2, 0.25) is 0 Å². The van der Waals surface area contributed by atoms with E-state index < -0.39 is 0 Å². The first-order chi connectivity index (χ1) is 9.51. The fourth-order valence-electron chi connectivity index (χ4n) is 3.30. The minimum atomic E-state index is 0.201. The Hall–Kier alpha value is -1.06. The van der Waals surface area contributed by atoms with Crippen molar-refractivity contribution >= 4 is 0 Å². The van der Waals surface area contributed by atoms with Gasteiger partial charge in [0.25, 0.3) is 0 Å². The number of nitrogens with zero attached hydrogens (tertiary/aromatic N) is 1. The van der Waals surface area contributed by atoms with Crippen LogP contribution in [0.5, 0.6) is 5.75 Å². The van der Waals surface area contributed by atoms with Crippen LogP contribution in [-0.4, -0.2) is 30.1 Å². The minimum absolute atomic E-state index is 0.201. The van der Waals surface area contributed by atoms with Crippen LogP contribution in [-0.2, 0) is 0 Å². The van der Waals surface area contributed by atoms with Crippen molar-refractivity contribution in [2.24, 2.45) is 11.7 Å². The summed E-state index contributed by atoms with van der Waals surface area (Å²) < 4.78 is 5.80. The van der Waals surface area contributed by atoms with Gasteiger partial charge in [-0.25, -0.2) is 0 Å². The summed E-state index contributed by atoms with van der Waals surface area (Å²) in [5.41, 5.74) is 7.33. The van der Waals surface area contributed by atoms with Crippen LogP contribution in [0, 0.1) is 5.92 Å². The van der Waals surface area contributed by atoms with Crippen molar-refractivity contribution in [1.82, 2.24) is 4.90 Å². The van der Waals surface area contributed by atoms with Gasteiger partial charge in [0.05, 0.1) is 6.10 Å². The minimum Gasteiger partial charge on any atom is -0.491 e. The zero-order chi connectivity index (χ0) is 14.7. The third kappa shape index (κ3) is 3.53. The zero-order valence-corrected chi connectivity index (χ0v) is 13.2. The Kier molecular flexibility index (Phi) is 5.06. The maximum Gasteiger partial charge on any atom is 0.120 e. The summed E-state index contributed by atoms with van der Waals surface area (Å²) in [7, 11) is 0. The Labute approximate surface area is 123 Å². The first-order valence-electron chi connectivity index (χ1n) is 7.73. The Bertz CT molecular complexity index is 433. The molecule has 3 unspecified atom stereocenters. The zero-order valence-electron chi connectivity index (χ0n) is 13.2. The van der Waals surface area contributed by atoms with Crippen molar-refractivity contribution in [3.05, 3.63) is 29.8 Å². The van der Waals surface area contributed by atoms with Gasteiger partial charge in [0.1, 0.15) is 5.75 Å². The summed E-state index contributed by atoms with van der Waals surface area (Å²) in [5, 5.41) is 0. The molecule has 1 aromatic carbocycles.